The molecule has 3 amide bonds. The molecule has 3 unspecified atom stereocenters. The average Bonchev–Trinajstić information content (AvgIpc) is 2.81. The highest BCUT2D eigenvalue weighted by atomic mass is 16.2. The minimum Gasteiger partial charge on any atom is -0.369 e. The number of nitrogens with zero attached hydrogens (tertiary/aromatic N) is 3. The molecule has 0 saturated heterocycles. The number of hydrogen-bond acceptors (Lipinski definition) is 5. The van der Waals surface area contributed by atoms with Crippen molar-refractivity contribution < 1.29 is 14.4 Å². The number of carbonyl (C=O) groups excluding carboxylic acids is 3. The van der Waals surface area contributed by atoms with Gasteiger partial charge >= 0.3 is 0 Å². The van der Waals surface area contributed by atoms with E-state index in [9.17, 15) is 14.4 Å². The molecule has 0 fully saturated rings. The van der Waals surface area contributed by atoms with E-state index in [0.29, 0.717) is 17.9 Å². The minimum absolute atomic E-state index is 0.153. The summed E-state index contributed by atoms with van der Waals surface area (Å²) in [4.78, 5) is 46.4. The molecule has 1 aromatic rings. The van der Waals surface area contributed by atoms with Gasteiger partial charge < -0.3 is 20.9 Å². The van der Waals surface area contributed by atoms with E-state index in [1.807, 2.05) is 52.2 Å². The number of para-hydroxylation sites is 1. The molecule has 8 nitrogen and oxygen atoms in total. The van der Waals surface area contributed by atoms with Gasteiger partial charge in [-0.3, -0.25) is 14.4 Å². The normalized spacial score (nSPS) is 17.9. The van der Waals surface area contributed by atoms with Gasteiger partial charge in [-0.2, -0.15) is 0 Å². The zero-order chi connectivity index (χ0) is 23.3. The number of rotatable bonds is 8. The summed E-state index contributed by atoms with van der Waals surface area (Å²) in [6.45, 7) is 7.61. The van der Waals surface area contributed by atoms with Crippen molar-refractivity contribution in [3.63, 3.8) is 0 Å². The van der Waals surface area contributed by atoms with Crippen molar-refractivity contribution in [2.75, 3.05) is 26.0 Å². The van der Waals surface area contributed by atoms with Gasteiger partial charge in [0, 0.05) is 26.7 Å². The third kappa shape index (κ3) is 5.51. The van der Waals surface area contributed by atoms with Crippen LogP contribution in [0.1, 0.15) is 32.3 Å². The standard InChI is InChI=1S/C23H33N5O3/c1-7-10-15(19(24)29)17(13-14(2)3)22(30)26-20-23(31)28(6)18-12-9-8-11-16(18)21(25-20)27(4)5/h7-9,11-12,14-15,17,20H,1,10,13H2,2-6H3,(H2,24,29)(H,26,30). The molecule has 1 aliphatic heterocycles. The van der Waals surface area contributed by atoms with Crippen LogP contribution in [0.2, 0.25) is 0 Å². The Balaban J connectivity index is 2.43. The van der Waals surface area contributed by atoms with Gasteiger partial charge in [0.1, 0.15) is 5.84 Å². The molecule has 31 heavy (non-hydrogen) atoms. The van der Waals surface area contributed by atoms with E-state index in [1.54, 1.807) is 18.0 Å². The summed E-state index contributed by atoms with van der Waals surface area (Å²) < 4.78 is 0. The molecule has 3 atom stereocenters. The summed E-state index contributed by atoms with van der Waals surface area (Å²) in [5.41, 5.74) is 7.09. The van der Waals surface area contributed by atoms with Crippen molar-refractivity contribution in [2.24, 2.45) is 28.5 Å². The number of nitrogens with two attached hydrogens (primary N) is 1. The highest BCUT2D eigenvalue weighted by Crippen LogP contribution is 2.27. The van der Waals surface area contributed by atoms with E-state index in [1.165, 1.54) is 4.90 Å². The number of fused-ring (bicyclic) bond motifs is 1. The lowest BCUT2D eigenvalue weighted by Crippen LogP contribution is -2.50. The summed E-state index contributed by atoms with van der Waals surface area (Å²) >= 11 is 0. The number of anilines is 1. The second-order valence-electron chi connectivity index (χ2n) is 8.44. The molecule has 0 spiro atoms. The SMILES string of the molecule is C=CCC(C(N)=O)C(CC(C)C)C(=O)NC1N=C(N(C)C)c2ccccc2N(C)C1=O. The van der Waals surface area contributed by atoms with Crippen LogP contribution in [0.3, 0.4) is 0 Å². The molecule has 3 N–H and O–H groups in total. The van der Waals surface area contributed by atoms with Gasteiger partial charge in [0.2, 0.25) is 18.0 Å². The van der Waals surface area contributed by atoms with Crippen molar-refractivity contribution in [3.8, 4) is 0 Å². The van der Waals surface area contributed by atoms with Crippen molar-refractivity contribution in [1.82, 2.24) is 10.2 Å². The second-order valence-corrected chi connectivity index (χ2v) is 8.44. The second kappa shape index (κ2) is 10.2. The number of benzodiazepines with no additional fused rings is 1. The average molecular weight is 428 g/mol. The Morgan fingerprint density at radius 1 is 1.29 bits per heavy atom. The minimum atomic E-state index is -1.12. The van der Waals surface area contributed by atoms with Gasteiger partial charge in [0.05, 0.1) is 17.5 Å². The number of aliphatic imine (C=N–C) groups is 1. The zero-order valence-corrected chi connectivity index (χ0v) is 19.0. The summed E-state index contributed by atoms with van der Waals surface area (Å²) in [5, 5.41) is 2.77. The van der Waals surface area contributed by atoms with Crippen LogP contribution < -0.4 is 16.0 Å². The van der Waals surface area contributed by atoms with Crippen LogP contribution in [0.25, 0.3) is 0 Å². The van der Waals surface area contributed by atoms with Gasteiger partial charge in [-0.05, 0) is 30.9 Å². The van der Waals surface area contributed by atoms with E-state index in [0.717, 1.165) is 5.56 Å². The molecule has 1 aromatic carbocycles. The molecule has 168 valence electrons. The maximum Gasteiger partial charge on any atom is 0.272 e. The summed E-state index contributed by atoms with van der Waals surface area (Å²) in [6.07, 6.45) is 1.21. The smallest absolute Gasteiger partial charge is 0.272 e. The number of amidine groups is 1. The van der Waals surface area contributed by atoms with Crippen LogP contribution in [-0.2, 0) is 14.4 Å². The zero-order valence-electron chi connectivity index (χ0n) is 19.0. The molecular formula is C23H33N5O3. The van der Waals surface area contributed by atoms with Gasteiger partial charge in [0.15, 0.2) is 0 Å². The first kappa shape index (κ1) is 24.1. The van der Waals surface area contributed by atoms with E-state index in [4.69, 9.17) is 5.73 Å². The number of primary amides is 1. The molecule has 0 bridgehead atoms. The maximum absolute atomic E-state index is 13.3. The Labute approximate surface area is 184 Å². The summed E-state index contributed by atoms with van der Waals surface area (Å²) in [7, 11) is 5.32. The first-order valence-electron chi connectivity index (χ1n) is 10.4. The van der Waals surface area contributed by atoms with E-state index in [2.05, 4.69) is 16.9 Å². The van der Waals surface area contributed by atoms with Crippen LogP contribution in [0.4, 0.5) is 5.69 Å². The fraction of sp³-hybridized carbons (Fsp3) is 0.478. The molecule has 0 aliphatic carbocycles. The number of hydrogen-bond donors (Lipinski definition) is 2. The maximum atomic E-state index is 13.3. The number of benzene rings is 1. The Morgan fingerprint density at radius 3 is 2.48 bits per heavy atom. The first-order chi connectivity index (χ1) is 14.6. The third-order valence-corrected chi connectivity index (χ3v) is 5.36. The van der Waals surface area contributed by atoms with E-state index < -0.39 is 29.8 Å². The quantitative estimate of drug-likeness (QED) is 0.616. The lowest BCUT2D eigenvalue weighted by atomic mass is 9.82. The first-order valence-corrected chi connectivity index (χ1v) is 10.4. The molecule has 0 radical (unpaired) electrons. The number of likely N-dealkylation sites (N-methyl/N-ethyl adjacent to an activating group) is 1. The molecule has 0 aromatic heterocycles. The summed E-state index contributed by atoms with van der Waals surface area (Å²) in [6, 6.07) is 7.45. The van der Waals surface area contributed by atoms with Crippen molar-refractivity contribution in [3.05, 3.63) is 42.5 Å². The molecule has 0 saturated carbocycles. The molecule has 2 rings (SSSR count). The Kier molecular flexibility index (Phi) is 7.96. The number of nitrogens with one attached hydrogen (secondary N) is 1. The summed E-state index contributed by atoms with van der Waals surface area (Å²) in [5.74, 6) is -1.99. The van der Waals surface area contributed by atoms with E-state index >= 15 is 0 Å². The lowest BCUT2D eigenvalue weighted by molar-refractivity contribution is -0.135. The fourth-order valence-corrected chi connectivity index (χ4v) is 3.82. The van der Waals surface area contributed by atoms with Crippen molar-refractivity contribution in [2.45, 2.75) is 32.9 Å². The van der Waals surface area contributed by atoms with E-state index in [-0.39, 0.29) is 18.2 Å². The molecule has 1 aliphatic rings. The Morgan fingerprint density at radius 2 is 1.94 bits per heavy atom. The predicted molar refractivity (Wildman–Crippen MR) is 122 cm³/mol. The van der Waals surface area contributed by atoms with Gasteiger partial charge in [0.25, 0.3) is 5.91 Å². The number of allylic oxidation sites excluding steroid dienone is 1. The van der Waals surface area contributed by atoms with Crippen molar-refractivity contribution >= 4 is 29.2 Å². The molecular weight excluding hydrogens is 394 g/mol. The van der Waals surface area contributed by atoms with Gasteiger partial charge in [-0.15, -0.1) is 6.58 Å². The lowest BCUT2D eigenvalue weighted by Gasteiger charge is -2.27. The van der Waals surface area contributed by atoms with Gasteiger partial charge in [-0.1, -0.05) is 32.1 Å². The van der Waals surface area contributed by atoms with Crippen molar-refractivity contribution in [1.29, 1.82) is 0 Å². The van der Waals surface area contributed by atoms with Crippen LogP contribution in [0, 0.1) is 17.8 Å². The predicted octanol–water partition coefficient (Wildman–Crippen LogP) is 1.75. The van der Waals surface area contributed by atoms with Crippen LogP contribution in [0.5, 0.6) is 0 Å². The monoisotopic (exact) mass is 427 g/mol. The van der Waals surface area contributed by atoms with Gasteiger partial charge in [-0.25, -0.2) is 4.99 Å². The van der Waals surface area contributed by atoms with Crippen LogP contribution in [-0.4, -0.2) is 55.8 Å². The molecule has 1 heterocycles. The highest BCUT2D eigenvalue weighted by molar-refractivity contribution is 6.12. The fourth-order valence-electron chi connectivity index (χ4n) is 3.82. The van der Waals surface area contributed by atoms with Crippen LogP contribution >= 0.6 is 0 Å². The highest BCUT2D eigenvalue weighted by Gasteiger charge is 2.36. The van der Waals surface area contributed by atoms with Crippen LogP contribution in [0.15, 0.2) is 41.9 Å². The third-order valence-electron chi connectivity index (χ3n) is 5.36. The largest absolute Gasteiger partial charge is 0.369 e. The molecule has 8 heteroatoms. The Hall–Kier alpha value is -3.16. The Bertz CT molecular complexity index is 878. The topological polar surface area (TPSA) is 108 Å². The number of carbonyl (C=O) groups is 3. The number of amides is 3.